The Labute approximate surface area is 151 Å². The largest absolute Gasteiger partial charge is 0.335 e. The Morgan fingerprint density at radius 1 is 1.31 bits per heavy atom. The summed E-state index contributed by atoms with van der Waals surface area (Å²) in [5, 5.41) is 14.0. The van der Waals surface area contributed by atoms with Crippen LogP contribution in [-0.4, -0.2) is 54.5 Å². The summed E-state index contributed by atoms with van der Waals surface area (Å²) in [4.78, 5) is 30.4. The molecule has 140 valence electrons. The number of aryl methyl sites for hydroxylation is 1. The molecule has 0 unspecified atom stereocenters. The van der Waals surface area contributed by atoms with Crippen LogP contribution in [0.5, 0.6) is 0 Å². The van der Waals surface area contributed by atoms with Gasteiger partial charge in [0.25, 0.3) is 0 Å². The fourth-order valence-corrected chi connectivity index (χ4v) is 3.29. The van der Waals surface area contributed by atoms with Gasteiger partial charge in [-0.15, -0.1) is 0 Å². The third-order valence-electron chi connectivity index (χ3n) is 4.63. The highest BCUT2D eigenvalue weighted by molar-refractivity contribution is 5.88. The molecule has 3 heterocycles. The average molecular weight is 360 g/mol. The average Bonchev–Trinajstić information content (AvgIpc) is 3.20. The number of nitrogens with zero attached hydrogens (tertiary/aromatic N) is 6. The smallest absolute Gasteiger partial charge is 0.321 e. The summed E-state index contributed by atoms with van der Waals surface area (Å²) >= 11 is 0. The zero-order valence-electron chi connectivity index (χ0n) is 15.4. The topological polar surface area (TPSA) is 110 Å². The summed E-state index contributed by atoms with van der Waals surface area (Å²) in [5.74, 6) is 0.434. The van der Waals surface area contributed by atoms with Crippen molar-refractivity contribution in [2.75, 3.05) is 12.4 Å². The quantitative estimate of drug-likeness (QED) is 0.848. The number of amides is 3. The Morgan fingerprint density at radius 3 is 2.73 bits per heavy atom. The van der Waals surface area contributed by atoms with Gasteiger partial charge < -0.3 is 10.2 Å². The van der Waals surface area contributed by atoms with Gasteiger partial charge in [0.05, 0.1) is 23.8 Å². The molecule has 1 aliphatic rings. The van der Waals surface area contributed by atoms with Crippen molar-refractivity contribution in [3.05, 3.63) is 24.3 Å². The van der Waals surface area contributed by atoms with Crippen molar-refractivity contribution >= 4 is 17.9 Å². The van der Waals surface area contributed by atoms with Crippen LogP contribution in [0, 0.1) is 0 Å². The maximum absolute atomic E-state index is 12.5. The van der Waals surface area contributed by atoms with E-state index in [1.807, 2.05) is 27.0 Å². The van der Waals surface area contributed by atoms with E-state index < -0.39 is 0 Å². The molecule has 3 amide bonds. The summed E-state index contributed by atoms with van der Waals surface area (Å²) < 4.78 is 3.36. The third-order valence-corrected chi connectivity index (χ3v) is 4.63. The number of rotatable bonds is 4. The Kier molecular flexibility index (Phi) is 4.92. The number of likely N-dealkylation sites (N-methyl/N-ethyl adjacent to an activating group) is 1. The lowest BCUT2D eigenvalue weighted by Crippen LogP contribution is -2.52. The molecule has 0 spiro atoms. The summed E-state index contributed by atoms with van der Waals surface area (Å²) in [6.45, 7) is 3.91. The van der Waals surface area contributed by atoms with E-state index in [0.29, 0.717) is 18.8 Å². The molecule has 2 aromatic heterocycles. The highest BCUT2D eigenvalue weighted by Gasteiger charge is 2.37. The minimum Gasteiger partial charge on any atom is -0.335 e. The number of hydrogen-bond acceptors (Lipinski definition) is 5. The van der Waals surface area contributed by atoms with Crippen LogP contribution < -0.4 is 10.6 Å². The molecule has 26 heavy (non-hydrogen) atoms. The van der Waals surface area contributed by atoms with Crippen LogP contribution >= 0.6 is 0 Å². The summed E-state index contributed by atoms with van der Waals surface area (Å²) in [6.07, 6.45) is 4.03. The van der Waals surface area contributed by atoms with E-state index in [0.717, 1.165) is 5.69 Å². The first-order chi connectivity index (χ1) is 12.4. The lowest BCUT2D eigenvalue weighted by Gasteiger charge is -2.39. The first kappa shape index (κ1) is 17.9. The lowest BCUT2D eigenvalue weighted by molar-refractivity contribution is -0.136. The molecule has 2 N–H and O–H groups in total. The number of carbonyl (C=O) groups is 2. The highest BCUT2D eigenvalue weighted by Crippen LogP contribution is 2.30. The van der Waals surface area contributed by atoms with Crippen molar-refractivity contribution in [3.63, 3.8) is 0 Å². The standard InChI is InChI=1S/C16H24N8O2/c1-10(2)24-15(17-9-19-24)21-16(26)20-11-5-6-13(25)22(3)14(11)12-7-8-18-23(12)4/h7-11,14H,5-6H2,1-4H3,(H2,17,19,20,21,26)/t11-,14-/m1/s1. The zero-order chi connectivity index (χ0) is 18.8. The van der Waals surface area contributed by atoms with Gasteiger partial charge in [-0.2, -0.15) is 15.2 Å². The molecule has 0 bridgehead atoms. The van der Waals surface area contributed by atoms with Crippen LogP contribution in [0.15, 0.2) is 18.6 Å². The van der Waals surface area contributed by atoms with Gasteiger partial charge >= 0.3 is 6.03 Å². The zero-order valence-corrected chi connectivity index (χ0v) is 15.4. The van der Waals surface area contributed by atoms with E-state index in [1.165, 1.54) is 6.33 Å². The number of aromatic nitrogens is 5. The molecule has 1 fully saturated rings. The highest BCUT2D eigenvalue weighted by atomic mass is 16.2. The molecule has 2 aromatic rings. The number of hydrogen-bond donors (Lipinski definition) is 2. The van der Waals surface area contributed by atoms with Crippen molar-refractivity contribution in [1.82, 2.24) is 34.8 Å². The third kappa shape index (κ3) is 3.39. The van der Waals surface area contributed by atoms with E-state index in [9.17, 15) is 9.59 Å². The SMILES string of the molecule is CC(C)n1ncnc1NC(=O)N[C@@H]1CCC(=O)N(C)[C@H]1c1ccnn1C. The normalized spacial score (nSPS) is 20.5. The minimum atomic E-state index is -0.375. The Morgan fingerprint density at radius 2 is 2.08 bits per heavy atom. The minimum absolute atomic E-state index is 0.0502. The molecular weight excluding hydrogens is 336 g/mol. The molecule has 10 nitrogen and oxygen atoms in total. The fraction of sp³-hybridized carbons (Fsp3) is 0.562. The van der Waals surface area contributed by atoms with Gasteiger partial charge in [-0.25, -0.2) is 9.48 Å². The van der Waals surface area contributed by atoms with Gasteiger partial charge in [0.1, 0.15) is 6.33 Å². The number of nitrogens with one attached hydrogen (secondary N) is 2. The molecule has 0 aromatic carbocycles. The fourth-order valence-electron chi connectivity index (χ4n) is 3.29. The van der Waals surface area contributed by atoms with Crippen LogP contribution in [0.2, 0.25) is 0 Å². The predicted octanol–water partition coefficient (Wildman–Crippen LogP) is 1.08. The number of likely N-dealkylation sites (tertiary alicyclic amines) is 1. The summed E-state index contributed by atoms with van der Waals surface area (Å²) in [7, 11) is 3.58. The van der Waals surface area contributed by atoms with E-state index >= 15 is 0 Å². The second kappa shape index (κ2) is 7.14. The molecular formula is C16H24N8O2. The molecule has 1 aliphatic heterocycles. The monoisotopic (exact) mass is 360 g/mol. The first-order valence-electron chi connectivity index (χ1n) is 8.59. The van der Waals surface area contributed by atoms with Crippen LogP contribution in [0.1, 0.15) is 44.5 Å². The number of carbonyl (C=O) groups excluding carboxylic acids is 2. The van der Waals surface area contributed by atoms with Crippen LogP contribution in [0.3, 0.4) is 0 Å². The van der Waals surface area contributed by atoms with Gasteiger partial charge in [0.15, 0.2) is 0 Å². The van der Waals surface area contributed by atoms with E-state index in [2.05, 4.69) is 25.8 Å². The maximum atomic E-state index is 12.5. The summed E-state index contributed by atoms with van der Waals surface area (Å²) in [6, 6.07) is 1.05. The second-order valence-corrected chi connectivity index (χ2v) is 6.69. The number of anilines is 1. The van der Waals surface area contributed by atoms with Crippen molar-refractivity contribution in [2.45, 2.75) is 44.8 Å². The molecule has 0 radical (unpaired) electrons. The van der Waals surface area contributed by atoms with E-state index in [4.69, 9.17) is 0 Å². The van der Waals surface area contributed by atoms with E-state index in [1.54, 1.807) is 27.5 Å². The molecule has 10 heteroatoms. The van der Waals surface area contributed by atoms with Crippen LogP contribution in [0.4, 0.5) is 10.7 Å². The molecule has 0 saturated carbocycles. The van der Waals surface area contributed by atoms with E-state index in [-0.39, 0.29) is 30.1 Å². The maximum Gasteiger partial charge on any atom is 0.321 e. The van der Waals surface area contributed by atoms with Crippen molar-refractivity contribution in [2.24, 2.45) is 7.05 Å². The molecule has 2 atom stereocenters. The van der Waals surface area contributed by atoms with Crippen molar-refractivity contribution in [3.8, 4) is 0 Å². The Hall–Kier alpha value is -2.91. The number of urea groups is 1. The van der Waals surface area contributed by atoms with Gasteiger partial charge in [-0.3, -0.25) is 14.8 Å². The van der Waals surface area contributed by atoms with Gasteiger partial charge in [0.2, 0.25) is 11.9 Å². The Bertz CT molecular complexity index is 796. The molecule has 1 saturated heterocycles. The first-order valence-corrected chi connectivity index (χ1v) is 8.59. The van der Waals surface area contributed by atoms with Gasteiger partial charge in [-0.1, -0.05) is 0 Å². The molecule has 0 aliphatic carbocycles. The second-order valence-electron chi connectivity index (χ2n) is 6.69. The number of piperidine rings is 1. The Balaban J connectivity index is 1.76. The lowest BCUT2D eigenvalue weighted by atomic mass is 9.93. The predicted molar refractivity (Wildman–Crippen MR) is 94.3 cm³/mol. The summed E-state index contributed by atoms with van der Waals surface area (Å²) in [5.41, 5.74) is 0.871. The van der Waals surface area contributed by atoms with Crippen LogP contribution in [0.25, 0.3) is 0 Å². The van der Waals surface area contributed by atoms with Crippen molar-refractivity contribution < 1.29 is 9.59 Å². The van der Waals surface area contributed by atoms with Crippen molar-refractivity contribution in [1.29, 1.82) is 0 Å². The van der Waals surface area contributed by atoms with Gasteiger partial charge in [-0.05, 0) is 26.3 Å². The molecule has 3 rings (SSSR count). The van der Waals surface area contributed by atoms with Gasteiger partial charge in [0, 0.05) is 26.7 Å². The van der Waals surface area contributed by atoms with Crippen LogP contribution in [-0.2, 0) is 11.8 Å².